The van der Waals surface area contributed by atoms with Crippen LogP contribution in [0.2, 0.25) is 0 Å². The number of aliphatic imine (C=N–C) groups is 1. The van der Waals surface area contributed by atoms with E-state index in [1.807, 2.05) is 6.92 Å². The Morgan fingerprint density at radius 2 is 2.30 bits per heavy atom. The summed E-state index contributed by atoms with van der Waals surface area (Å²) in [5.41, 5.74) is 1.11. The van der Waals surface area contributed by atoms with Crippen LogP contribution in [0.25, 0.3) is 0 Å². The molecule has 0 radical (unpaired) electrons. The maximum atomic E-state index is 5.64. The summed E-state index contributed by atoms with van der Waals surface area (Å²) in [5, 5.41) is 7.67. The molecule has 7 heteroatoms. The Hall–Kier alpha value is -1.18. The van der Waals surface area contributed by atoms with Gasteiger partial charge in [-0.25, -0.2) is 4.98 Å². The molecule has 2 N–H and O–H groups in total. The third-order valence-corrected chi connectivity index (χ3v) is 4.86. The lowest BCUT2D eigenvalue weighted by Crippen LogP contribution is -2.37. The standard InChI is InChI=1S/C16H28N4O2S/c1-12-13(2)23-15(20-12)10-19-16(17-3)18-7-5-8-21-11-14-6-4-9-22-14/h14H,4-11H2,1-3H3,(H2,17,18,19). The molecule has 0 bridgehead atoms. The highest BCUT2D eigenvalue weighted by atomic mass is 32.1. The van der Waals surface area contributed by atoms with Crippen molar-refractivity contribution in [1.82, 2.24) is 15.6 Å². The Bertz CT molecular complexity index is 479. The largest absolute Gasteiger partial charge is 0.379 e. The predicted octanol–water partition coefficient (Wildman–Crippen LogP) is 2.01. The van der Waals surface area contributed by atoms with Gasteiger partial charge in [0.15, 0.2) is 5.96 Å². The molecule has 6 nitrogen and oxygen atoms in total. The number of hydrogen-bond donors (Lipinski definition) is 2. The molecule has 2 heterocycles. The van der Waals surface area contributed by atoms with Crippen LogP contribution in [-0.4, -0.2) is 50.5 Å². The monoisotopic (exact) mass is 340 g/mol. The van der Waals surface area contributed by atoms with Gasteiger partial charge in [0.2, 0.25) is 0 Å². The minimum absolute atomic E-state index is 0.308. The smallest absolute Gasteiger partial charge is 0.191 e. The summed E-state index contributed by atoms with van der Waals surface area (Å²) in [4.78, 5) is 10.0. The Balaban J connectivity index is 1.54. The second kappa shape index (κ2) is 9.85. The molecule has 0 spiro atoms. The highest BCUT2D eigenvalue weighted by Gasteiger charge is 2.14. The fourth-order valence-corrected chi connectivity index (χ4v) is 3.24. The van der Waals surface area contributed by atoms with Crippen LogP contribution >= 0.6 is 11.3 Å². The Morgan fingerprint density at radius 3 is 2.96 bits per heavy atom. The molecule has 1 unspecified atom stereocenters. The number of nitrogens with zero attached hydrogens (tertiary/aromatic N) is 2. The van der Waals surface area contributed by atoms with E-state index in [9.17, 15) is 0 Å². The van der Waals surface area contributed by atoms with Crippen LogP contribution in [0.1, 0.15) is 34.8 Å². The molecule has 23 heavy (non-hydrogen) atoms. The average molecular weight is 340 g/mol. The quantitative estimate of drug-likeness (QED) is 0.430. The second-order valence-corrected chi connectivity index (χ2v) is 6.95. The zero-order valence-corrected chi connectivity index (χ0v) is 15.2. The first kappa shape index (κ1) is 18.2. The van der Waals surface area contributed by atoms with Crippen LogP contribution in [0.5, 0.6) is 0 Å². The van der Waals surface area contributed by atoms with Crippen molar-refractivity contribution < 1.29 is 9.47 Å². The summed E-state index contributed by atoms with van der Waals surface area (Å²) >= 11 is 1.73. The van der Waals surface area contributed by atoms with E-state index < -0.39 is 0 Å². The lowest BCUT2D eigenvalue weighted by atomic mass is 10.2. The lowest BCUT2D eigenvalue weighted by molar-refractivity contribution is 0.0168. The van der Waals surface area contributed by atoms with Crippen LogP contribution in [0.4, 0.5) is 0 Å². The van der Waals surface area contributed by atoms with Crippen LogP contribution < -0.4 is 10.6 Å². The van der Waals surface area contributed by atoms with Crippen LogP contribution in [0, 0.1) is 13.8 Å². The first-order chi connectivity index (χ1) is 11.2. The van der Waals surface area contributed by atoms with Gasteiger partial charge in [0, 0.05) is 31.7 Å². The summed E-state index contributed by atoms with van der Waals surface area (Å²) in [6.07, 6.45) is 3.55. The van der Waals surface area contributed by atoms with E-state index in [0.29, 0.717) is 12.6 Å². The minimum atomic E-state index is 0.308. The molecule has 1 aliphatic rings. The number of nitrogens with one attached hydrogen (secondary N) is 2. The molecule has 1 aliphatic heterocycles. The highest BCUT2D eigenvalue weighted by Crippen LogP contribution is 2.15. The van der Waals surface area contributed by atoms with Crippen molar-refractivity contribution in [2.45, 2.75) is 45.8 Å². The van der Waals surface area contributed by atoms with E-state index >= 15 is 0 Å². The highest BCUT2D eigenvalue weighted by molar-refractivity contribution is 7.11. The second-order valence-electron chi connectivity index (χ2n) is 5.67. The van der Waals surface area contributed by atoms with Crippen molar-refractivity contribution in [1.29, 1.82) is 0 Å². The topological polar surface area (TPSA) is 67.8 Å². The van der Waals surface area contributed by atoms with Crippen LogP contribution in [0.15, 0.2) is 4.99 Å². The molecule has 0 aliphatic carbocycles. The summed E-state index contributed by atoms with van der Waals surface area (Å²) in [5.74, 6) is 0.801. The van der Waals surface area contributed by atoms with Crippen molar-refractivity contribution in [2.75, 3.05) is 33.4 Å². The van der Waals surface area contributed by atoms with Crippen molar-refractivity contribution in [3.63, 3.8) is 0 Å². The molecule has 2 rings (SSSR count). The molecule has 130 valence electrons. The molecular weight excluding hydrogens is 312 g/mol. The van der Waals surface area contributed by atoms with E-state index in [0.717, 1.165) is 62.3 Å². The van der Waals surface area contributed by atoms with Gasteiger partial charge in [-0.1, -0.05) is 0 Å². The minimum Gasteiger partial charge on any atom is -0.379 e. The number of guanidine groups is 1. The van der Waals surface area contributed by atoms with Crippen molar-refractivity contribution >= 4 is 17.3 Å². The molecule has 0 amide bonds. The first-order valence-corrected chi connectivity index (χ1v) is 9.07. The Kier molecular flexibility index (Phi) is 7.78. The molecule has 1 fully saturated rings. The summed E-state index contributed by atoms with van der Waals surface area (Å²) in [7, 11) is 1.78. The summed E-state index contributed by atoms with van der Waals surface area (Å²) in [6.45, 7) is 8.02. The number of rotatable bonds is 8. The van der Waals surface area contributed by atoms with E-state index in [4.69, 9.17) is 9.47 Å². The van der Waals surface area contributed by atoms with Gasteiger partial charge in [0.05, 0.1) is 24.9 Å². The van der Waals surface area contributed by atoms with E-state index in [2.05, 4.69) is 27.5 Å². The zero-order chi connectivity index (χ0) is 16.5. The fourth-order valence-electron chi connectivity index (χ4n) is 2.37. The Labute approximate surface area is 142 Å². The molecule has 1 saturated heterocycles. The normalized spacial score (nSPS) is 18.4. The van der Waals surface area contributed by atoms with Crippen molar-refractivity contribution in [2.24, 2.45) is 4.99 Å². The lowest BCUT2D eigenvalue weighted by Gasteiger charge is -2.12. The third-order valence-electron chi connectivity index (χ3n) is 3.79. The fraction of sp³-hybridized carbons (Fsp3) is 0.750. The van der Waals surface area contributed by atoms with Crippen molar-refractivity contribution in [3.05, 3.63) is 15.6 Å². The molecule has 0 saturated carbocycles. The van der Waals surface area contributed by atoms with Crippen LogP contribution in [0.3, 0.4) is 0 Å². The van der Waals surface area contributed by atoms with Crippen molar-refractivity contribution in [3.8, 4) is 0 Å². The summed E-state index contributed by atoms with van der Waals surface area (Å²) in [6, 6.07) is 0. The maximum absolute atomic E-state index is 5.64. The van der Waals surface area contributed by atoms with E-state index in [1.54, 1.807) is 18.4 Å². The van der Waals surface area contributed by atoms with Gasteiger partial charge in [-0.15, -0.1) is 11.3 Å². The first-order valence-electron chi connectivity index (χ1n) is 8.26. The molecule has 1 aromatic rings. The molecule has 1 aromatic heterocycles. The number of aromatic nitrogens is 1. The van der Waals surface area contributed by atoms with Gasteiger partial charge in [0.1, 0.15) is 5.01 Å². The number of hydrogen-bond acceptors (Lipinski definition) is 5. The van der Waals surface area contributed by atoms with Gasteiger partial charge >= 0.3 is 0 Å². The van der Waals surface area contributed by atoms with Crippen LogP contribution in [-0.2, 0) is 16.0 Å². The van der Waals surface area contributed by atoms with E-state index in [1.165, 1.54) is 4.88 Å². The van der Waals surface area contributed by atoms with Gasteiger partial charge in [0.25, 0.3) is 0 Å². The third kappa shape index (κ3) is 6.45. The average Bonchev–Trinajstić information content (AvgIpc) is 3.16. The van der Waals surface area contributed by atoms with E-state index in [-0.39, 0.29) is 0 Å². The SMILES string of the molecule is CN=C(NCCCOCC1CCCO1)NCc1nc(C)c(C)s1. The van der Waals surface area contributed by atoms with Gasteiger partial charge < -0.3 is 20.1 Å². The molecule has 1 atom stereocenters. The molecule has 0 aromatic carbocycles. The molecular formula is C16H28N4O2S. The van der Waals surface area contributed by atoms with Gasteiger partial charge in [-0.3, -0.25) is 4.99 Å². The number of ether oxygens (including phenoxy) is 2. The Morgan fingerprint density at radius 1 is 1.43 bits per heavy atom. The predicted molar refractivity (Wildman–Crippen MR) is 94.2 cm³/mol. The summed E-state index contributed by atoms with van der Waals surface area (Å²) < 4.78 is 11.2. The zero-order valence-electron chi connectivity index (χ0n) is 14.4. The number of aryl methyl sites for hydroxylation is 2. The van der Waals surface area contributed by atoms with Gasteiger partial charge in [-0.05, 0) is 33.1 Å². The number of thiazole rings is 1. The maximum Gasteiger partial charge on any atom is 0.191 e. The van der Waals surface area contributed by atoms with Gasteiger partial charge in [-0.2, -0.15) is 0 Å².